The number of anilines is 1. The Morgan fingerprint density at radius 3 is 2.27 bits per heavy atom. The van der Waals surface area contributed by atoms with Crippen molar-refractivity contribution in [2.75, 3.05) is 5.73 Å². The van der Waals surface area contributed by atoms with Crippen molar-refractivity contribution in [1.29, 1.82) is 0 Å². The molecule has 10 heteroatoms. The molecule has 0 amide bonds. The molecule has 0 atom stereocenters. The van der Waals surface area contributed by atoms with Gasteiger partial charge in [0.2, 0.25) is 0 Å². The third kappa shape index (κ3) is 4.87. The molecule has 2 aromatic heterocycles. The maximum absolute atomic E-state index is 11.9. The number of fused-ring (bicyclic) bond motifs is 4. The van der Waals surface area contributed by atoms with E-state index in [1.807, 2.05) is 30.3 Å². The van der Waals surface area contributed by atoms with Crippen LogP contribution in [0.3, 0.4) is 0 Å². The average molecular weight is 551 g/mol. The second kappa shape index (κ2) is 10.3. The molecule has 6 aromatic rings. The van der Waals surface area contributed by atoms with E-state index in [-0.39, 0.29) is 69.1 Å². The van der Waals surface area contributed by atoms with Gasteiger partial charge in [0, 0.05) is 36.5 Å². The summed E-state index contributed by atoms with van der Waals surface area (Å²) in [5.74, 6) is 0. The van der Waals surface area contributed by atoms with E-state index >= 15 is 0 Å². The number of nitrogens with two attached hydrogens (primary N) is 1. The van der Waals surface area contributed by atoms with Crippen molar-refractivity contribution in [3.05, 3.63) is 91.1 Å². The van der Waals surface area contributed by atoms with Gasteiger partial charge in [-0.25, -0.2) is 0 Å². The van der Waals surface area contributed by atoms with Gasteiger partial charge in [0.25, 0.3) is 10.1 Å². The van der Waals surface area contributed by atoms with Gasteiger partial charge in [0.15, 0.2) is 0 Å². The molecule has 0 saturated carbocycles. The number of benzene rings is 4. The van der Waals surface area contributed by atoms with Gasteiger partial charge in [0.05, 0.1) is 17.6 Å². The number of pyridine rings is 1. The van der Waals surface area contributed by atoms with Crippen molar-refractivity contribution in [2.24, 2.45) is 10.2 Å². The van der Waals surface area contributed by atoms with Crippen molar-refractivity contribution in [3.63, 3.8) is 0 Å². The summed E-state index contributed by atoms with van der Waals surface area (Å²) in [6.07, 6.45) is 1.60. The van der Waals surface area contributed by atoms with Crippen molar-refractivity contribution < 1.29 is 65.8 Å². The zero-order chi connectivity index (χ0) is 24.9. The Balaban J connectivity index is 0.00000168. The molecular formula is C27H19KN4O3S2. The number of azo groups is 1. The first-order chi connectivity index (χ1) is 17.4. The maximum Gasteiger partial charge on any atom is 1.00 e. The average Bonchev–Trinajstić information content (AvgIpc) is 3.27. The summed E-state index contributed by atoms with van der Waals surface area (Å²) in [4.78, 5) is 4.32. The van der Waals surface area contributed by atoms with Crippen LogP contribution in [0.4, 0.5) is 17.1 Å². The van der Waals surface area contributed by atoms with Crippen LogP contribution in [0.5, 0.6) is 0 Å². The molecule has 0 radical (unpaired) electrons. The van der Waals surface area contributed by atoms with Gasteiger partial charge >= 0.3 is 51.4 Å². The molecule has 0 unspecified atom stereocenters. The molecule has 0 aliphatic rings. The first-order valence-electron chi connectivity index (χ1n) is 11.0. The van der Waals surface area contributed by atoms with Crippen LogP contribution in [0.2, 0.25) is 0 Å². The van der Waals surface area contributed by atoms with Gasteiger partial charge in [0.1, 0.15) is 16.3 Å². The molecular weight excluding hydrogens is 532 g/mol. The SMILES string of the molecule is Nc1c(N=Nc2ccc(-c3cccc4c3sc3ccccc34)nc2)cc(S(=O)(=O)O)c2ccccc12.[H-].[K+]. The number of aromatic nitrogens is 1. The zero-order valence-corrected chi connectivity index (χ0v) is 24.4. The summed E-state index contributed by atoms with van der Waals surface area (Å²) in [5.41, 5.74) is 8.96. The fraction of sp³-hybridized carbons (Fsp3) is 0. The number of thiophene rings is 1. The van der Waals surface area contributed by atoms with Crippen LogP contribution in [0.15, 0.2) is 106 Å². The minimum absolute atomic E-state index is 0. The predicted molar refractivity (Wildman–Crippen MR) is 146 cm³/mol. The van der Waals surface area contributed by atoms with E-state index in [1.165, 1.54) is 26.2 Å². The van der Waals surface area contributed by atoms with E-state index < -0.39 is 10.1 Å². The van der Waals surface area contributed by atoms with Crippen LogP contribution in [-0.2, 0) is 10.1 Å². The van der Waals surface area contributed by atoms with Gasteiger partial charge in [-0.2, -0.15) is 8.42 Å². The van der Waals surface area contributed by atoms with Gasteiger partial charge in [-0.05, 0) is 24.3 Å². The molecule has 0 aliphatic heterocycles. The van der Waals surface area contributed by atoms with E-state index in [0.29, 0.717) is 16.5 Å². The van der Waals surface area contributed by atoms with Crippen molar-refractivity contribution in [3.8, 4) is 11.3 Å². The third-order valence-electron chi connectivity index (χ3n) is 6.01. The quantitative estimate of drug-likeness (QED) is 0.144. The molecule has 7 nitrogen and oxygen atoms in total. The summed E-state index contributed by atoms with van der Waals surface area (Å²) in [6.45, 7) is 0. The largest absolute Gasteiger partial charge is 1.00 e. The maximum atomic E-state index is 11.9. The number of rotatable bonds is 4. The van der Waals surface area contributed by atoms with Crippen LogP contribution < -0.4 is 57.1 Å². The summed E-state index contributed by atoms with van der Waals surface area (Å²) in [6, 6.07) is 26.1. The monoisotopic (exact) mass is 550 g/mol. The topological polar surface area (TPSA) is 118 Å². The minimum Gasteiger partial charge on any atom is -1.00 e. The molecule has 4 aromatic carbocycles. The smallest absolute Gasteiger partial charge is 1.00 e. The summed E-state index contributed by atoms with van der Waals surface area (Å²) >= 11 is 1.74. The van der Waals surface area contributed by atoms with E-state index in [1.54, 1.807) is 47.9 Å². The van der Waals surface area contributed by atoms with Gasteiger partial charge < -0.3 is 7.16 Å². The predicted octanol–water partition coefficient (Wildman–Crippen LogP) is 4.63. The van der Waals surface area contributed by atoms with Crippen LogP contribution in [0, 0.1) is 0 Å². The van der Waals surface area contributed by atoms with Crippen molar-refractivity contribution >= 4 is 69.5 Å². The van der Waals surface area contributed by atoms with Crippen LogP contribution in [-0.4, -0.2) is 18.0 Å². The molecule has 3 N–H and O–H groups in total. The Hall–Kier alpha value is -2.54. The molecule has 0 spiro atoms. The fourth-order valence-corrected chi connectivity index (χ4v) is 6.25. The molecule has 0 saturated heterocycles. The van der Waals surface area contributed by atoms with Crippen LogP contribution in [0.1, 0.15) is 1.43 Å². The Labute approximate surface area is 260 Å². The van der Waals surface area contributed by atoms with E-state index in [2.05, 4.69) is 33.4 Å². The summed E-state index contributed by atoms with van der Waals surface area (Å²) in [7, 11) is -4.48. The fourth-order valence-electron chi connectivity index (χ4n) is 4.31. The van der Waals surface area contributed by atoms with Crippen molar-refractivity contribution in [2.45, 2.75) is 4.90 Å². The molecule has 0 fully saturated rings. The Kier molecular flexibility index (Phi) is 7.27. The Bertz CT molecular complexity index is 1940. The third-order valence-corrected chi connectivity index (χ3v) is 8.12. The van der Waals surface area contributed by atoms with E-state index in [4.69, 9.17) is 5.73 Å². The van der Waals surface area contributed by atoms with Crippen molar-refractivity contribution in [1.82, 2.24) is 4.98 Å². The number of nitrogens with zero attached hydrogens (tertiary/aromatic N) is 3. The first-order valence-corrected chi connectivity index (χ1v) is 13.2. The minimum atomic E-state index is -4.48. The van der Waals surface area contributed by atoms with Crippen LogP contribution in [0.25, 0.3) is 42.2 Å². The Morgan fingerprint density at radius 1 is 0.838 bits per heavy atom. The summed E-state index contributed by atoms with van der Waals surface area (Å²) in [5, 5.41) is 11.6. The van der Waals surface area contributed by atoms with Gasteiger partial charge in [-0.15, -0.1) is 21.6 Å². The second-order valence-electron chi connectivity index (χ2n) is 8.21. The number of hydrogen-bond donors (Lipinski definition) is 2. The van der Waals surface area contributed by atoms with Crippen LogP contribution >= 0.6 is 11.3 Å². The summed E-state index contributed by atoms with van der Waals surface area (Å²) < 4.78 is 36.0. The molecule has 37 heavy (non-hydrogen) atoms. The second-order valence-corrected chi connectivity index (χ2v) is 10.7. The molecule has 0 bridgehead atoms. The molecule has 2 heterocycles. The number of nitrogen functional groups attached to an aromatic ring is 1. The zero-order valence-electron chi connectivity index (χ0n) is 20.7. The normalized spacial score (nSPS) is 11.9. The standard InChI is InChI=1S/C27H18N4O3S2.K.H/c28-26-19-8-2-1-7-18(19)25(36(32,33)34)14-23(26)31-30-16-12-13-22(29-15-16)21-10-5-9-20-17-6-3-4-11-24(17)35-27(20)21;;/h1-15H,28H2,(H,32,33,34);;/q;+1;-1. The molecule has 0 aliphatic carbocycles. The Morgan fingerprint density at radius 2 is 1.54 bits per heavy atom. The van der Waals surface area contributed by atoms with Gasteiger partial charge in [-0.3, -0.25) is 9.54 Å². The molecule has 178 valence electrons. The van der Waals surface area contributed by atoms with E-state index in [9.17, 15) is 13.0 Å². The first kappa shape index (κ1) is 26.1. The van der Waals surface area contributed by atoms with Gasteiger partial charge in [-0.1, -0.05) is 60.7 Å². The molecule has 6 rings (SSSR count). The van der Waals surface area contributed by atoms with E-state index in [0.717, 1.165) is 11.3 Å². The number of hydrogen-bond acceptors (Lipinski definition) is 7.